The van der Waals surface area contributed by atoms with E-state index in [9.17, 15) is 4.79 Å². The maximum atomic E-state index is 11.3. The van der Waals surface area contributed by atoms with E-state index in [0.717, 1.165) is 47.5 Å². The predicted octanol–water partition coefficient (Wildman–Crippen LogP) is 4.03. The highest BCUT2D eigenvalue weighted by Crippen LogP contribution is 2.25. The molecule has 6 nitrogen and oxygen atoms in total. The van der Waals surface area contributed by atoms with E-state index in [4.69, 9.17) is 4.98 Å². The Balaban J connectivity index is 1.66. The fourth-order valence-electron chi connectivity index (χ4n) is 3.31. The highest BCUT2D eigenvalue weighted by atomic mass is 79.9. The minimum absolute atomic E-state index is 0.187. The molecule has 2 aromatic rings. The van der Waals surface area contributed by atoms with Crippen molar-refractivity contribution < 1.29 is 9.53 Å². The van der Waals surface area contributed by atoms with Gasteiger partial charge >= 0.3 is 6.09 Å². The first-order valence-electron chi connectivity index (χ1n) is 8.65. The number of fused-ring (bicyclic) bond motifs is 1. The number of hydrogen-bond donors (Lipinski definition) is 2. The molecule has 1 aliphatic carbocycles. The maximum Gasteiger partial charge on any atom is 0.407 e. The second kappa shape index (κ2) is 7.99. The van der Waals surface area contributed by atoms with Gasteiger partial charge in [-0.15, -0.1) is 0 Å². The third kappa shape index (κ3) is 4.39. The third-order valence-electron chi connectivity index (χ3n) is 4.68. The van der Waals surface area contributed by atoms with Crippen molar-refractivity contribution in [3.05, 3.63) is 28.4 Å². The van der Waals surface area contributed by atoms with Crippen LogP contribution in [0.4, 0.5) is 10.7 Å². The number of nitrogens with one attached hydrogen (secondary N) is 2. The fraction of sp³-hybridized carbons (Fsp3) is 0.500. The normalized spacial score (nSPS) is 20.3. The number of rotatable bonds is 4. The molecule has 0 atom stereocenters. The van der Waals surface area contributed by atoms with Crippen molar-refractivity contribution in [1.29, 1.82) is 0 Å². The summed E-state index contributed by atoms with van der Waals surface area (Å²) >= 11 is 3.54. The summed E-state index contributed by atoms with van der Waals surface area (Å²) in [6.45, 7) is 2.13. The summed E-state index contributed by atoms with van der Waals surface area (Å²) in [7, 11) is 1.39. The van der Waals surface area contributed by atoms with Crippen LogP contribution < -0.4 is 10.6 Å². The summed E-state index contributed by atoms with van der Waals surface area (Å²) in [5, 5.41) is 7.37. The lowest BCUT2D eigenvalue weighted by Gasteiger charge is -2.29. The molecule has 7 heteroatoms. The van der Waals surface area contributed by atoms with Crippen LogP contribution in [0.15, 0.2) is 22.8 Å². The largest absolute Gasteiger partial charge is 0.453 e. The standard InChI is InChI=1S/C18H23BrN4O2/c1-3-11-8-13(19)9-12-10-20-17(23-16(11)12)21-14-4-6-15(7-5-14)22-18(24)25-2/h8-10,14-15H,3-7H2,1-2H3,(H,22,24)(H,20,21,23). The second-order valence-corrected chi connectivity index (χ2v) is 7.29. The van der Waals surface area contributed by atoms with E-state index >= 15 is 0 Å². The van der Waals surface area contributed by atoms with Gasteiger partial charge in [0.2, 0.25) is 5.95 Å². The molecule has 0 unspecified atom stereocenters. The number of aromatic nitrogens is 2. The summed E-state index contributed by atoms with van der Waals surface area (Å²) in [5.41, 5.74) is 2.21. The number of carbonyl (C=O) groups excluding carboxylic acids is 1. The van der Waals surface area contributed by atoms with E-state index < -0.39 is 0 Å². The molecule has 1 aliphatic rings. The van der Waals surface area contributed by atoms with Gasteiger partial charge in [-0.2, -0.15) is 0 Å². The first-order valence-corrected chi connectivity index (χ1v) is 9.44. The minimum atomic E-state index is -0.354. The van der Waals surface area contributed by atoms with Gasteiger partial charge in [0.15, 0.2) is 0 Å². The molecular formula is C18H23BrN4O2. The Labute approximate surface area is 155 Å². The Hall–Kier alpha value is -1.89. The molecule has 0 bridgehead atoms. The minimum Gasteiger partial charge on any atom is -0.453 e. The Morgan fingerprint density at radius 2 is 2.00 bits per heavy atom. The molecule has 3 rings (SSSR count). The van der Waals surface area contributed by atoms with Crippen molar-refractivity contribution in [3.63, 3.8) is 0 Å². The Kier molecular flexibility index (Phi) is 5.73. The first kappa shape index (κ1) is 17.9. The van der Waals surface area contributed by atoms with Crippen molar-refractivity contribution in [3.8, 4) is 0 Å². The van der Waals surface area contributed by atoms with Crippen LogP contribution in [0.3, 0.4) is 0 Å². The van der Waals surface area contributed by atoms with E-state index in [1.54, 1.807) is 0 Å². The molecule has 25 heavy (non-hydrogen) atoms. The summed E-state index contributed by atoms with van der Waals surface area (Å²) in [4.78, 5) is 20.5. The van der Waals surface area contributed by atoms with Gasteiger partial charge in [0.1, 0.15) is 0 Å². The van der Waals surface area contributed by atoms with Gasteiger partial charge < -0.3 is 15.4 Å². The number of alkyl carbamates (subject to hydrolysis) is 1. The molecule has 1 saturated carbocycles. The SMILES string of the molecule is CCc1cc(Br)cc2cnc(NC3CCC(NC(=O)OC)CC3)nc12. The number of carbonyl (C=O) groups is 1. The van der Waals surface area contributed by atoms with Gasteiger partial charge in [0.05, 0.1) is 12.6 Å². The number of hydrogen-bond acceptors (Lipinski definition) is 5. The molecular weight excluding hydrogens is 384 g/mol. The van der Waals surface area contributed by atoms with Crippen molar-refractivity contribution in [2.75, 3.05) is 12.4 Å². The quantitative estimate of drug-likeness (QED) is 0.800. The van der Waals surface area contributed by atoms with Crippen LogP contribution in [0.1, 0.15) is 38.2 Å². The van der Waals surface area contributed by atoms with E-state index in [-0.39, 0.29) is 12.1 Å². The average Bonchev–Trinajstić information content (AvgIpc) is 2.62. The monoisotopic (exact) mass is 406 g/mol. The van der Waals surface area contributed by atoms with Gasteiger partial charge in [-0.05, 0) is 49.8 Å². The van der Waals surface area contributed by atoms with E-state index in [0.29, 0.717) is 12.0 Å². The van der Waals surface area contributed by atoms with Gasteiger partial charge in [-0.25, -0.2) is 14.8 Å². The van der Waals surface area contributed by atoms with Crippen LogP contribution in [0.2, 0.25) is 0 Å². The van der Waals surface area contributed by atoms with E-state index in [1.165, 1.54) is 12.7 Å². The van der Waals surface area contributed by atoms with Gasteiger partial charge in [0, 0.05) is 28.1 Å². The number of amides is 1. The third-order valence-corrected chi connectivity index (χ3v) is 5.13. The number of aryl methyl sites for hydroxylation is 1. The Bertz CT molecular complexity index is 760. The van der Waals surface area contributed by atoms with Crippen LogP contribution in [-0.4, -0.2) is 35.3 Å². The lowest BCUT2D eigenvalue weighted by Crippen LogP contribution is -2.40. The molecule has 2 N–H and O–H groups in total. The number of methoxy groups -OCH3 is 1. The Morgan fingerprint density at radius 1 is 1.28 bits per heavy atom. The number of anilines is 1. The van der Waals surface area contributed by atoms with Crippen LogP contribution in [0, 0.1) is 0 Å². The van der Waals surface area contributed by atoms with Crippen LogP contribution in [-0.2, 0) is 11.2 Å². The first-order chi connectivity index (χ1) is 12.1. The molecule has 0 saturated heterocycles. The summed E-state index contributed by atoms with van der Waals surface area (Å²) < 4.78 is 5.71. The zero-order chi connectivity index (χ0) is 17.8. The highest BCUT2D eigenvalue weighted by molar-refractivity contribution is 9.10. The fourth-order valence-corrected chi connectivity index (χ4v) is 3.83. The number of nitrogens with zero attached hydrogens (tertiary/aromatic N) is 2. The summed E-state index contributed by atoms with van der Waals surface area (Å²) in [6, 6.07) is 4.67. The lowest BCUT2D eigenvalue weighted by molar-refractivity contribution is 0.162. The second-order valence-electron chi connectivity index (χ2n) is 6.38. The summed E-state index contributed by atoms with van der Waals surface area (Å²) in [6.07, 6.45) is 6.23. The average molecular weight is 407 g/mol. The van der Waals surface area contributed by atoms with Crippen molar-refractivity contribution in [2.45, 2.75) is 51.1 Å². The lowest BCUT2D eigenvalue weighted by atomic mass is 9.91. The van der Waals surface area contributed by atoms with Crippen LogP contribution in [0.25, 0.3) is 10.9 Å². The number of halogens is 1. The van der Waals surface area contributed by atoms with Gasteiger partial charge in [0.25, 0.3) is 0 Å². The van der Waals surface area contributed by atoms with Crippen molar-refractivity contribution in [2.24, 2.45) is 0 Å². The molecule has 0 radical (unpaired) electrons. The Morgan fingerprint density at radius 3 is 2.68 bits per heavy atom. The van der Waals surface area contributed by atoms with Gasteiger partial charge in [-0.1, -0.05) is 22.9 Å². The predicted molar refractivity (Wildman–Crippen MR) is 102 cm³/mol. The highest BCUT2D eigenvalue weighted by Gasteiger charge is 2.23. The zero-order valence-corrected chi connectivity index (χ0v) is 16.1. The van der Waals surface area contributed by atoms with E-state index in [2.05, 4.69) is 49.3 Å². The molecule has 1 heterocycles. The van der Waals surface area contributed by atoms with E-state index in [1.807, 2.05) is 12.3 Å². The van der Waals surface area contributed by atoms with Crippen LogP contribution in [0.5, 0.6) is 0 Å². The number of ether oxygens (including phenoxy) is 1. The summed E-state index contributed by atoms with van der Waals surface area (Å²) in [5.74, 6) is 0.675. The van der Waals surface area contributed by atoms with Crippen molar-refractivity contribution in [1.82, 2.24) is 15.3 Å². The molecule has 134 valence electrons. The molecule has 1 fully saturated rings. The number of benzene rings is 1. The maximum absolute atomic E-state index is 11.3. The zero-order valence-electron chi connectivity index (χ0n) is 14.5. The molecule has 0 aliphatic heterocycles. The molecule has 1 aromatic carbocycles. The van der Waals surface area contributed by atoms with Crippen molar-refractivity contribution >= 4 is 38.9 Å². The van der Waals surface area contributed by atoms with Crippen LogP contribution >= 0.6 is 15.9 Å². The molecule has 0 spiro atoms. The molecule has 1 aromatic heterocycles. The van der Waals surface area contributed by atoms with Gasteiger partial charge in [-0.3, -0.25) is 0 Å². The topological polar surface area (TPSA) is 76.1 Å². The smallest absolute Gasteiger partial charge is 0.407 e. The molecule has 1 amide bonds.